The monoisotopic (exact) mass is 482 g/mol. The minimum absolute atomic E-state index is 0.0232. The number of aromatic nitrogens is 2. The number of fused-ring (bicyclic) bond motifs is 2. The Kier molecular flexibility index (Phi) is 6.88. The minimum atomic E-state index is -0.554. The Morgan fingerprint density at radius 3 is 2.83 bits per heavy atom. The van der Waals surface area contributed by atoms with E-state index >= 15 is 0 Å². The molecule has 2 aliphatic rings. The third kappa shape index (κ3) is 5.57. The Labute approximate surface area is 204 Å². The number of benzene rings is 2. The van der Waals surface area contributed by atoms with Gasteiger partial charge < -0.3 is 24.1 Å². The van der Waals surface area contributed by atoms with Crippen LogP contribution in [-0.2, 0) is 22.6 Å². The van der Waals surface area contributed by atoms with Gasteiger partial charge in [-0.05, 0) is 41.8 Å². The Morgan fingerprint density at radius 2 is 2.00 bits per heavy atom. The number of halogens is 1. The quantitative estimate of drug-likeness (QED) is 0.556. The van der Waals surface area contributed by atoms with Gasteiger partial charge in [0.05, 0.1) is 24.2 Å². The van der Waals surface area contributed by atoms with E-state index < -0.39 is 6.10 Å². The number of carbonyl (C=O) groups excluding carboxylic acids is 1. The molecule has 1 aromatic heterocycles. The van der Waals surface area contributed by atoms with E-state index in [1.54, 1.807) is 6.07 Å². The van der Waals surface area contributed by atoms with Crippen LogP contribution in [-0.4, -0.2) is 71.2 Å². The lowest BCUT2D eigenvalue weighted by molar-refractivity contribution is -0.151. The predicted molar refractivity (Wildman–Crippen MR) is 129 cm³/mol. The van der Waals surface area contributed by atoms with Gasteiger partial charge in [-0.3, -0.25) is 9.69 Å². The van der Waals surface area contributed by atoms with E-state index in [0.29, 0.717) is 64.0 Å². The van der Waals surface area contributed by atoms with Crippen LogP contribution < -0.4 is 9.47 Å². The van der Waals surface area contributed by atoms with E-state index in [0.717, 1.165) is 28.4 Å². The number of carbonyl (C=O) groups is 1. The number of nitrogens with one attached hydrogen (secondary N) is 1. The summed E-state index contributed by atoms with van der Waals surface area (Å²) in [6.45, 7) is 8.54. The van der Waals surface area contributed by atoms with Gasteiger partial charge in [-0.2, -0.15) is 0 Å². The fourth-order valence-corrected chi connectivity index (χ4v) is 4.60. The highest BCUT2D eigenvalue weighted by molar-refractivity contribution is 5.81. The van der Waals surface area contributed by atoms with E-state index in [9.17, 15) is 9.18 Å². The van der Waals surface area contributed by atoms with Crippen LogP contribution in [0.5, 0.6) is 11.5 Å². The number of rotatable bonds is 7. The average molecular weight is 483 g/mol. The van der Waals surface area contributed by atoms with Gasteiger partial charge in [0.2, 0.25) is 0 Å². The van der Waals surface area contributed by atoms with Crippen molar-refractivity contribution in [3.8, 4) is 11.5 Å². The Bertz CT molecular complexity index is 1200. The zero-order valence-electron chi connectivity index (χ0n) is 20.1. The first kappa shape index (κ1) is 23.6. The number of H-pyrrole nitrogens is 1. The molecule has 186 valence electrons. The van der Waals surface area contributed by atoms with Gasteiger partial charge in [0.15, 0.2) is 11.5 Å². The van der Waals surface area contributed by atoms with Crippen molar-refractivity contribution >= 4 is 16.9 Å². The molecule has 1 amide bonds. The van der Waals surface area contributed by atoms with Crippen molar-refractivity contribution in [3.63, 3.8) is 0 Å². The number of hydrogen-bond acceptors (Lipinski definition) is 6. The maximum absolute atomic E-state index is 13.6. The first-order chi connectivity index (χ1) is 16.9. The maximum Gasteiger partial charge on any atom is 0.253 e. The summed E-state index contributed by atoms with van der Waals surface area (Å²) in [5, 5.41) is 0. The Hall–Kier alpha value is -3.17. The molecule has 0 radical (unpaired) electrons. The van der Waals surface area contributed by atoms with Crippen LogP contribution >= 0.6 is 0 Å². The fourth-order valence-electron chi connectivity index (χ4n) is 4.60. The molecule has 0 saturated carbocycles. The highest BCUT2D eigenvalue weighted by Gasteiger charge is 2.31. The van der Waals surface area contributed by atoms with Crippen molar-refractivity contribution in [2.24, 2.45) is 5.92 Å². The number of morpholine rings is 1. The average Bonchev–Trinajstić information content (AvgIpc) is 3.24. The predicted octanol–water partition coefficient (Wildman–Crippen LogP) is 3.36. The van der Waals surface area contributed by atoms with Gasteiger partial charge in [-0.1, -0.05) is 19.9 Å². The molecule has 3 heterocycles. The van der Waals surface area contributed by atoms with Crippen LogP contribution in [0.4, 0.5) is 4.39 Å². The molecule has 0 bridgehead atoms. The van der Waals surface area contributed by atoms with Crippen molar-refractivity contribution in [2.45, 2.75) is 33.0 Å². The summed E-state index contributed by atoms with van der Waals surface area (Å²) in [6, 6.07) is 10.3. The largest absolute Gasteiger partial charge is 0.486 e. The lowest BCUT2D eigenvalue weighted by Crippen LogP contribution is -2.51. The highest BCUT2D eigenvalue weighted by Crippen LogP contribution is 2.31. The standard InChI is InChI=1S/C26H31FN4O4/c1-17(2)13-31(14-18-3-6-22-23(11-18)35-10-9-34-22)26(32)24-15-30(7-8-33-24)16-25-28-20-5-4-19(27)12-21(20)29-25/h3-6,11-12,17,24H,7-10,13-16H2,1-2H3,(H,28,29). The second kappa shape index (κ2) is 10.2. The van der Waals surface area contributed by atoms with Gasteiger partial charge in [-0.25, -0.2) is 9.37 Å². The minimum Gasteiger partial charge on any atom is -0.486 e. The van der Waals surface area contributed by atoms with Crippen molar-refractivity contribution in [1.82, 2.24) is 19.8 Å². The van der Waals surface area contributed by atoms with E-state index in [-0.39, 0.29) is 11.7 Å². The van der Waals surface area contributed by atoms with E-state index in [2.05, 4.69) is 28.7 Å². The highest BCUT2D eigenvalue weighted by atomic mass is 19.1. The SMILES string of the molecule is CC(C)CN(Cc1ccc2c(c1)OCCO2)C(=O)C1CN(Cc2nc3ccc(F)cc3[nH]2)CCO1. The van der Waals surface area contributed by atoms with Crippen LogP contribution in [0.2, 0.25) is 0 Å². The molecule has 1 atom stereocenters. The second-order valence-corrected chi connectivity index (χ2v) is 9.53. The summed E-state index contributed by atoms with van der Waals surface area (Å²) in [5.74, 6) is 2.19. The lowest BCUT2D eigenvalue weighted by atomic mass is 10.1. The molecule has 35 heavy (non-hydrogen) atoms. The zero-order chi connectivity index (χ0) is 24.4. The summed E-state index contributed by atoms with van der Waals surface area (Å²) < 4.78 is 30.8. The van der Waals surface area contributed by atoms with Crippen LogP contribution in [0.1, 0.15) is 25.2 Å². The third-order valence-electron chi connectivity index (χ3n) is 6.17. The summed E-state index contributed by atoms with van der Waals surface area (Å²) in [5.41, 5.74) is 2.39. The summed E-state index contributed by atoms with van der Waals surface area (Å²) in [6.07, 6.45) is -0.554. The first-order valence-electron chi connectivity index (χ1n) is 12.1. The number of aromatic amines is 1. The number of ether oxygens (including phenoxy) is 3. The summed E-state index contributed by atoms with van der Waals surface area (Å²) >= 11 is 0. The molecule has 3 aromatic rings. The molecule has 2 aliphatic heterocycles. The number of amides is 1. The molecule has 0 spiro atoms. The molecule has 5 rings (SSSR count). The fraction of sp³-hybridized carbons (Fsp3) is 0.462. The topological polar surface area (TPSA) is 79.9 Å². The molecule has 8 nitrogen and oxygen atoms in total. The van der Waals surface area contributed by atoms with Crippen LogP contribution in [0, 0.1) is 11.7 Å². The van der Waals surface area contributed by atoms with Gasteiger partial charge >= 0.3 is 0 Å². The van der Waals surface area contributed by atoms with E-state index in [1.807, 2.05) is 23.1 Å². The molecule has 0 aliphatic carbocycles. The molecule has 9 heteroatoms. The number of imidazole rings is 1. The molecule has 1 saturated heterocycles. The lowest BCUT2D eigenvalue weighted by Gasteiger charge is -2.35. The molecule has 1 unspecified atom stereocenters. The molecular formula is C26H31FN4O4. The maximum atomic E-state index is 13.6. The second-order valence-electron chi connectivity index (χ2n) is 9.53. The normalized spacial score (nSPS) is 18.2. The van der Waals surface area contributed by atoms with E-state index in [4.69, 9.17) is 14.2 Å². The van der Waals surface area contributed by atoms with Gasteiger partial charge in [0, 0.05) is 26.2 Å². The molecule has 1 N–H and O–H groups in total. The molecule has 1 fully saturated rings. The van der Waals surface area contributed by atoms with Crippen molar-refractivity contribution < 1.29 is 23.4 Å². The number of nitrogens with zero attached hydrogens (tertiary/aromatic N) is 3. The van der Waals surface area contributed by atoms with Gasteiger partial charge in [-0.15, -0.1) is 0 Å². The Morgan fingerprint density at radius 1 is 1.17 bits per heavy atom. The number of hydrogen-bond donors (Lipinski definition) is 1. The third-order valence-corrected chi connectivity index (χ3v) is 6.17. The van der Waals surface area contributed by atoms with Crippen LogP contribution in [0.25, 0.3) is 11.0 Å². The zero-order valence-corrected chi connectivity index (χ0v) is 20.1. The van der Waals surface area contributed by atoms with Crippen molar-refractivity contribution in [2.75, 3.05) is 39.5 Å². The summed E-state index contributed by atoms with van der Waals surface area (Å²) in [7, 11) is 0. The van der Waals surface area contributed by atoms with Crippen molar-refractivity contribution in [3.05, 3.63) is 53.6 Å². The molecular weight excluding hydrogens is 451 g/mol. The smallest absolute Gasteiger partial charge is 0.253 e. The summed E-state index contributed by atoms with van der Waals surface area (Å²) in [4.78, 5) is 25.3. The van der Waals surface area contributed by atoms with Gasteiger partial charge in [0.25, 0.3) is 5.91 Å². The van der Waals surface area contributed by atoms with E-state index in [1.165, 1.54) is 12.1 Å². The van der Waals surface area contributed by atoms with Crippen molar-refractivity contribution in [1.29, 1.82) is 0 Å². The van der Waals surface area contributed by atoms with Gasteiger partial charge in [0.1, 0.15) is 31.0 Å². The van der Waals surface area contributed by atoms with Crippen LogP contribution in [0.3, 0.4) is 0 Å². The Balaban J connectivity index is 1.26. The van der Waals surface area contributed by atoms with Crippen LogP contribution in [0.15, 0.2) is 36.4 Å². The molecule has 2 aromatic carbocycles. The first-order valence-corrected chi connectivity index (χ1v) is 12.1.